The van der Waals surface area contributed by atoms with Crippen molar-refractivity contribution in [2.75, 3.05) is 12.4 Å². The lowest BCUT2D eigenvalue weighted by Gasteiger charge is -2.18. The molecule has 2 aromatic rings. The molecule has 0 bridgehead atoms. The van der Waals surface area contributed by atoms with Crippen LogP contribution in [0, 0.1) is 0 Å². The number of imidazole rings is 1. The topological polar surface area (TPSA) is 93.3 Å². The van der Waals surface area contributed by atoms with E-state index in [1.165, 1.54) is 6.33 Å². The Morgan fingerprint density at radius 3 is 3.05 bits per heavy atom. The SMILES string of the molecule is CCS[C@@H]1[C@@H](O)[C@@H](n2cnc3cncnc32)O[C@@H]1CO. The molecular formula is C12H16N4O3S. The van der Waals surface area contributed by atoms with Gasteiger partial charge in [0.25, 0.3) is 0 Å². The maximum absolute atomic E-state index is 10.5. The summed E-state index contributed by atoms with van der Waals surface area (Å²) >= 11 is 1.58. The fourth-order valence-electron chi connectivity index (χ4n) is 2.47. The Kier molecular flexibility index (Phi) is 3.88. The smallest absolute Gasteiger partial charge is 0.165 e. The third kappa shape index (κ3) is 2.18. The molecule has 3 heterocycles. The van der Waals surface area contributed by atoms with Crippen LogP contribution in [0.15, 0.2) is 18.9 Å². The number of aliphatic hydroxyl groups is 2. The highest BCUT2D eigenvalue weighted by Gasteiger charge is 2.44. The highest BCUT2D eigenvalue weighted by atomic mass is 32.2. The zero-order chi connectivity index (χ0) is 14.1. The number of aromatic nitrogens is 4. The fraction of sp³-hybridized carbons (Fsp3) is 0.583. The highest BCUT2D eigenvalue weighted by Crippen LogP contribution is 2.37. The van der Waals surface area contributed by atoms with Gasteiger partial charge in [0.1, 0.15) is 17.9 Å². The standard InChI is InChI=1S/C12H16N4O3S/c1-2-20-10-8(4-17)19-12(9(10)18)16-6-15-7-3-13-5-14-11(7)16/h3,5-6,8-10,12,17-18H,2,4H2,1H3/t8-,9-,10+,12+/m1/s1. The van der Waals surface area contributed by atoms with Crippen LogP contribution in [0.4, 0.5) is 0 Å². The summed E-state index contributed by atoms with van der Waals surface area (Å²) < 4.78 is 7.48. The largest absolute Gasteiger partial charge is 0.394 e. The lowest BCUT2D eigenvalue weighted by atomic mass is 10.2. The number of aliphatic hydroxyl groups excluding tert-OH is 2. The predicted octanol–water partition coefficient (Wildman–Crippen LogP) is 0.199. The van der Waals surface area contributed by atoms with Crippen LogP contribution in [0.5, 0.6) is 0 Å². The Morgan fingerprint density at radius 2 is 2.30 bits per heavy atom. The van der Waals surface area contributed by atoms with Crippen molar-refractivity contribution >= 4 is 22.9 Å². The van der Waals surface area contributed by atoms with E-state index in [1.807, 2.05) is 6.92 Å². The number of rotatable bonds is 4. The van der Waals surface area contributed by atoms with Crippen molar-refractivity contribution in [3.63, 3.8) is 0 Å². The minimum Gasteiger partial charge on any atom is -0.394 e. The van der Waals surface area contributed by atoms with Gasteiger partial charge in [-0.2, -0.15) is 11.8 Å². The lowest BCUT2D eigenvalue weighted by molar-refractivity contribution is -0.0486. The number of thioether (sulfide) groups is 1. The summed E-state index contributed by atoms with van der Waals surface area (Å²) in [5.74, 6) is 0.848. The van der Waals surface area contributed by atoms with Crippen LogP contribution in [-0.2, 0) is 4.74 Å². The van der Waals surface area contributed by atoms with Crippen molar-refractivity contribution in [3.05, 3.63) is 18.9 Å². The molecule has 8 heteroatoms. The summed E-state index contributed by atoms with van der Waals surface area (Å²) in [6.07, 6.45) is 2.94. The molecule has 4 atom stereocenters. The number of fused-ring (bicyclic) bond motifs is 1. The second-order valence-electron chi connectivity index (χ2n) is 4.54. The molecular weight excluding hydrogens is 280 g/mol. The summed E-state index contributed by atoms with van der Waals surface area (Å²) in [4.78, 5) is 12.3. The maximum Gasteiger partial charge on any atom is 0.165 e. The van der Waals surface area contributed by atoms with Gasteiger partial charge >= 0.3 is 0 Å². The molecule has 1 aliphatic heterocycles. The molecule has 2 N–H and O–H groups in total. The van der Waals surface area contributed by atoms with Gasteiger partial charge in [-0.25, -0.2) is 15.0 Å². The molecule has 7 nitrogen and oxygen atoms in total. The van der Waals surface area contributed by atoms with E-state index in [0.717, 1.165) is 5.75 Å². The van der Waals surface area contributed by atoms with Crippen LogP contribution in [-0.4, -0.2) is 59.5 Å². The number of nitrogens with zero attached hydrogens (tertiary/aromatic N) is 4. The Hall–Kier alpha value is -1.22. The first kappa shape index (κ1) is 13.7. The van der Waals surface area contributed by atoms with Crippen LogP contribution in [0.3, 0.4) is 0 Å². The minimum atomic E-state index is -0.718. The van der Waals surface area contributed by atoms with Crippen molar-refractivity contribution < 1.29 is 14.9 Å². The molecule has 0 radical (unpaired) electrons. The van der Waals surface area contributed by atoms with E-state index >= 15 is 0 Å². The lowest BCUT2D eigenvalue weighted by Crippen LogP contribution is -2.31. The van der Waals surface area contributed by atoms with Crippen molar-refractivity contribution in [1.82, 2.24) is 19.5 Å². The molecule has 0 spiro atoms. The first-order valence-corrected chi connectivity index (χ1v) is 7.49. The Balaban J connectivity index is 1.94. The third-order valence-electron chi connectivity index (χ3n) is 3.36. The van der Waals surface area contributed by atoms with Crippen LogP contribution in [0.25, 0.3) is 11.2 Å². The molecule has 0 saturated carbocycles. The van der Waals surface area contributed by atoms with Gasteiger partial charge in [0.15, 0.2) is 11.9 Å². The second-order valence-corrected chi connectivity index (χ2v) is 6.00. The van der Waals surface area contributed by atoms with Gasteiger partial charge < -0.3 is 14.9 Å². The van der Waals surface area contributed by atoms with Crippen molar-refractivity contribution in [1.29, 1.82) is 0 Å². The summed E-state index contributed by atoms with van der Waals surface area (Å²) in [6.45, 7) is 1.89. The minimum absolute atomic E-state index is 0.118. The number of ether oxygens (including phenoxy) is 1. The average molecular weight is 296 g/mol. The van der Waals surface area contributed by atoms with Crippen molar-refractivity contribution in [3.8, 4) is 0 Å². The Morgan fingerprint density at radius 1 is 1.45 bits per heavy atom. The van der Waals surface area contributed by atoms with Crippen LogP contribution in [0.2, 0.25) is 0 Å². The van der Waals surface area contributed by atoms with Gasteiger partial charge in [-0.3, -0.25) is 4.57 Å². The molecule has 1 fully saturated rings. The van der Waals surface area contributed by atoms with E-state index in [2.05, 4.69) is 15.0 Å². The van der Waals surface area contributed by atoms with Gasteiger partial charge in [0.05, 0.1) is 30.5 Å². The van der Waals surface area contributed by atoms with E-state index in [1.54, 1.807) is 28.9 Å². The number of hydrogen-bond acceptors (Lipinski definition) is 7. The van der Waals surface area contributed by atoms with Crippen molar-refractivity contribution in [2.24, 2.45) is 0 Å². The van der Waals surface area contributed by atoms with Gasteiger partial charge in [-0.1, -0.05) is 6.92 Å². The van der Waals surface area contributed by atoms with Gasteiger partial charge in [0, 0.05) is 0 Å². The monoisotopic (exact) mass is 296 g/mol. The van der Waals surface area contributed by atoms with E-state index in [9.17, 15) is 10.2 Å². The molecule has 2 aromatic heterocycles. The zero-order valence-electron chi connectivity index (χ0n) is 11.0. The quantitative estimate of drug-likeness (QED) is 0.832. The van der Waals surface area contributed by atoms with Crippen molar-refractivity contribution in [2.45, 2.75) is 30.6 Å². The molecule has 1 saturated heterocycles. The molecule has 108 valence electrons. The molecule has 0 amide bonds. The molecule has 0 aromatic carbocycles. The van der Waals surface area contributed by atoms with E-state index in [-0.39, 0.29) is 18.0 Å². The maximum atomic E-state index is 10.5. The fourth-order valence-corrected chi connectivity index (χ4v) is 3.55. The Bertz CT molecular complexity index is 593. The normalized spacial score (nSPS) is 30.1. The average Bonchev–Trinajstić information content (AvgIpc) is 3.02. The predicted molar refractivity (Wildman–Crippen MR) is 74.2 cm³/mol. The van der Waals surface area contributed by atoms with E-state index in [4.69, 9.17) is 4.74 Å². The second kappa shape index (κ2) is 5.65. The summed E-state index contributed by atoms with van der Waals surface area (Å²) in [7, 11) is 0. The summed E-state index contributed by atoms with van der Waals surface area (Å²) in [6, 6.07) is 0. The number of hydrogen-bond donors (Lipinski definition) is 2. The molecule has 1 aliphatic rings. The molecule has 0 unspecified atom stereocenters. The van der Waals surface area contributed by atoms with E-state index < -0.39 is 12.3 Å². The zero-order valence-corrected chi connectivity index (χ0v) is 11.8. The molecule has 3 rings (SSSR count). The third-order valence-corrected chi connectivity index (χ3v) is 4.66. The van der Waals surface area contributed by atoms with E-state index in [0.29, 0.717) is 11.2 Å². The van der Waals surface area contributed by atoms with Gasteiger partial charge in [0.2, 0.25) is 0 Å². The van der Waals surface area contributed by atoms with Crippen LogP contribution in [0.1, 0.15) is 13.2 Å². The first-order valence-electron chi connectivity index (χ1n) is 6.44. The molecule has 0 aliphatic carbocycles. The molecule has 20 heavy (non-hydrogen) atoms. The van der Waals surface area contributed by atoms with Crippen LogP contribution >= 0.6 is 11.8 Å². The highest BCUT2D eigenvalue weighted by molar-refractivity contribution is 8.00. The van der Waals surface area contributed by atoms with Gasteiger partial charge in [-0.15, -0.1) is 0 Å². The Labute approximate surface area is 120 Å². The first-order chi connectivity index (χ1) is 9.76. The summed E-state index contributed by atoms with van der Waals surface area (Å²) in [5.41, 5.74) is 1.26. The van der Waals surface area contributed by atoms with Crippen LogP contribution < -0.4 is 0 Å². The van der Waals surface area contributed by atoms with Gasteiger partial charge in [-0.05, 0) is 5.75 Å². The summed E-state index contributed by atoms with van der Waals surface area (Å²) in [5, 5.41) is 19.7.